The lowest BCUT2D eigenvalue weighted by molar-refractivity contribution is -0.170. The van der Waals surface area contributed by atoms with Crippen LogP contribution in [0.5, 0.6) is 11.5 Å². The molecule has 0 atom stereocenters. The normalized spacial score (nSPS) is 15.1. The number of carbonyl (C=O) groups is 3. The Kier molecular flexibility index (Phi) is 11.5. The third-order valence-corrected chi connectivity index (χ3v) is 6.55. The van der Waals surface area contributed by atoms with Gasteiger partial charge in [0.2, 0.25) is 0 Å². The lowest BCUT2D eigenvalue weighted by Crippen LogP contribution is -2.42. The molecule has 0 spiro atoms. The van der Waals surface area contributed by atoms with Crippen LogP contribution in [-0.4, -0.2) is 80.2 Å². The molecular weight excluding hydrogens is 522 g/mol. The van der Waals surface area contributed by atoms with E-state index in [1.54, 1.807) is 7.11 Å². The van der Waals surface area contributed by atoms with E-state index in [1.807, 2.05) is 19.9 Å². The predicted molar refractivity (Wildman–Crippen MR) is 145 cm³/mol. The fraction of sp³-hybridized carbons (Fsp3) is 0.483. The van der Waals surface area contributed by atoms with Crippen molar-refractivity contribution in [2.24, 2.45) is 0 Å². The van der Waals surface area contributed by atoms with Gasteiger partial charge in [0, 0.05) is 19.6 Å². The van der Waals surface area contributed by atoms with Crippen molar-refractivity contribution in [1.82, 2.24) is 4.90 Å². The quantitative estimate of drug-likeness (QED) is 0.273. The minimum atomic E-state index is -2.74. The van der Waals surface area contributed by atoms with E-state index in [0.717, 1.165) is 49.5 Å². The first-order valence-corrected chi connectivity index (χ1v) is 12.9. The summed E-state index contributed by atoms with van der Waals surface area (Å²) < 4.78 is 11.3. The van der Waals surface area contributed by atoms with E-state index in [0.29, 0.717) is 0 Å². The first-order valence-electron chi connectivity index (χ1n) is 12.9. The van der Waals surface area contributed by atoms with E-state index < -0.39 is 42.0 Å². The van der Waals surface area contributed by atoms with E-state index in [1.165, 1.54) is 11.1 Å². The average molecular weight is 562 g/mol. The van der Waals surface area contributed by atoms with Gasteiger partial charge in [0.25, 0.3) is 0 Å². The van der Waals surface area contributed by atoms with Gasteiger partial charge in [-0.2, -0.15) is 0 Å². The number of likely N-dealkylation sites (tertiary alicyclic amines) is 1. The minimum Gasteiger partial charge on any atom is -0.493 e. The number of hydrogen-bond donors (Lipinski definition) is 5. The molecule has 0 aromatic heterocycles. The van der Waals surface area contributed by atoms with Crippen molar-refractivity contribution in [3.8, 4) is 11.5 Å². The number of methoxy groups -OCH3 is 1. The van der Waals surface area contributed by atoms with Crippen LogP contribution in [0.15, 0.2) is 42.5 Å². The summed E-state index contributed by atoms with van der Waals surface area (Å²) >= 11 is 0. The molecule has 1 aliphatic heterocycles. The number of aryl methyl sites for hydroxylation is 1. The highest BCUT2D eigenvalue weighted by Crippen LogP contribution is 2.34. The van der Waals surface area contributed by atoms with Crippen molar-refractivity contribution in [2.75, 3.05) is 20.2 Å². The summed E-state index contributed by atoms with van der Waals surface area (Å²) in [6, 6.07) is 14.4. The van der Waals surface area contributed by atoms with Gasteiger partial charge in [-0.15, -0.1) is 0 Å². The summed E-state index contributed by atoms with van der Waals surface area (Å²) in [5, 5.41) is 44.9. The molecule has 1 heterocycles. The molecule has 11 heteroatoms. The largest absolute Gasteiger partial charge is 0.493 e. The van der Waals surface area contributed by atoms with Crippen molar-refractivity contribution in [2.45, 2.75) is 70.3 Å². The maximum atomic E-state index is 11.1. The topological polar surface area (TPSA) is 174 Å². The Bertz CT molecular complexity index is 1140. The SMILES string of the molecule is COc1ccc(CN2CCC(O)(c3ccc(C)cc3)CC2)cc1OC(C)C.O=C(O)CC(O)(CC(=O)O)C(=O)O. The van der Waals surface area contributed by atoms with Gasteiger partial charge < -0.3 is 35.0 Å². The van der Waals surface area contributed by atoms with Crippen LogP contribution in [0.2, 0.25) is 0 Å². The van der Waals surface area contributed by atoms with Crippen molar-refractivity contribution in [3.63, 3.8) is 0 Å². The summed E-state index contributed by atoms with van der Waals surface area (Å²) in [6.45, 7) is 8.70. The van der Waals surface area contributed by atoms with Gasteiger partial charge >= 0.3 is 17.9 Å². The highest BCUT2D eigenvalue weighted by atomic mass is 16.5. The monoisotopic (exact) mass is 561 g/mol. The Labute approximate surface area is 233 Å². The van der Waals surface area contributed by atoms with Crippen molar-refractivity contribution < 1.29 is 49.4 Å². The van der Waals surface area contributed by atoms with Crippen LogP contribution in [0.4, 0.5) is 0 Å². The molecule has 2 aromatic rings. The molecule has 3 rings (SSSR count). The van der Waals surface area contributed by atoms with E-state index >= 15 is 0 Å². The molecule has 1 aliphatic rings. The number of benzene rings is 2. The van der Waals surface area contributed by atoms with Crippen LogP contribution < -0.4 is 9.47 Å². The molecule has 40 heavy (non-hydrogen) atoms. The standard InChI is InChI=1S/C23H31NO3.C6H8O7/c1-17(2)27-22-15-19(7-10-21(22)26-4)16-24-13-11-23(25,12-14-24)20-8-5-18(3)6-9-20;7-3(8)1-6(13,5(11)12)2-4(9)10/h5-10,15,17,25H,11-14,16H2,1-4H3;13H,1-2H2,(H,7,8)(H,9,10)(H,11,12). The zero-order valence-electron chi connectivity index (χ0n) is 23.3. The third-order valence-electron chi connectivity index (χ3n) is 6.55. The summed E-state index contributed by atoms with van der Waals surface area (Å²) in [4.78, 5) is 32.9. The van der Waals surface area contributed by atoms with Crippen LogP contribution >= 0.6 is 0 Å². The number of carboxylic acid groups (broad SMARTS) is 3. The van der Waals surface area contributed by atoms with Crippen LogP contribution in [-0.2, 0) is 26.5 Å². The molecule has 220 valence electrons. The average Bonchev–Trinajstić information content (AvgIpc) is 2.85. The van der Waals surface area contributed by atoms with Gasteiger partial charge in [0.05, 0.1) is 31.7 Å². The number of nitrogens with zero attached hydrogens (tertiary/aromatic N) is 1. The molecule has 0 aliphatic carbocycles. The predicted octanol–water partition coefficient (Wildman–Crippen LogP) is 3.03. The summed E-state index contributed by atoms with van der Waals surface area (Å²) in [6.07, 6.45) is -0.680. The van der Waals surface area contributed by atoms with Crippen molar-refractivity contribution in [3.05, 3.63) is 59.2 Å². The minimum absolute atomic E-state index is 0.105. The highest BCUT2D eigenvalue weighted by molar-refractivity contribution is 5.88. The molecule has 0 bridgehead atoms. The van der Waals surface area contributed by atoms with Crippen LogP contribution in [0, 0.1) is 6.92 Å². The Hall–Kier alpha value is -3.67. The number of hydrogen-bond acceptors (Lipinski definition) is 8. The Morgan fingerprint density at radius 3 is 1.95 bits per heavy atom. The van der Waals surface area contributed by atoms with Crippen LogP contribution in [0.3, 0.4) is 0 Å². The number of carboxylic acids is 3. The van der Waals surface area contributed by atoms with Gasteiger partial charge in [-0.3, -0.25) is 14.5 Å². The van der Waals surface area contributed by atoms with Gasteiger partial charge in [0.15, 0.2) is 17.1 Å². The molecule has 0 radical (unpaired) electrons. The molecular formula is C29H39NO10. The zero-order chi connectivity index (χ0) is 30.1. The smallest absolute Gasteiger partial charge is 0.336 e. The molecule has 1 saturated heterocycles. The Balaban J connectivity index is 0.000000366. The molecule has 5 N–H and O–H groups in total. The Morgan fingerprint density at radius 2 is 1.50 bits per heavy atom. The molecule has 0 amide bonds. The van der Waals surface area contributed by atoms with E-state index in [4.69, 9.17) is 29.9 Å². The molecule has 0 unspecified atom stereocenters. The summed E-state index contributed by atoms with van der Waals surface area (Å²) in [5.41, 5.74) is 0.00370. The number of aliphatic carboxylic acids is 3. The number of rotatable bonds is 11. The number of piperidine rings is 1. The van der Waals surface area contributed by atoms with E-state index in [2.05, 4.69) is 48.2 Å². The lowest BCUT2D eigenvalue weighted by Gasteiger charge is -2.38. The van der Waals surface area contributed by atoms with Crippen molar-refractivity contribution in [1.29, 1.82) is 0 Å². The first-order chi connectivity index (χ1) is 18.7. The zero-order valence-corrected chi connectivity index (χ0v) is 23.3. The molecule has 0 saturated carbocycles. The third kappa shape index (κ3) is 9.51. The van der Waals surface area contributed by atoms with Crippen molar-refractivity contribution >= 4 is 17.9 Å². The Morgan fingerprint density at radius 1 is 0.950 bits per heavy atom. The van der Waals surface area contributed by atoms with E-state index in [-0.39, 0.29) is 6.10 Å². The second-order valence-electron chi connectivity index (χ2n) is 10.3. The van der Waals surface area contributed by atoms with E-state index in [9.17, 15) is 19.5 Å². The first kappa shape index (κ1) is 32.5. The molecule has 11 nitrogen and oxygen atoms in total. The number of ether oxygens (including phenoxy) is 2. The summed E-state index contributed by atoms with van der Waals surface area (Å²) in [7, 11) is 1.67. The van der Waals surface area contributed by atoms with Gasteiger partial charge in [0.1, 0.15) is 0 Å². The number of aliphatic hydroxyl groups is 2. The summed E-state index contributed by atoms with van der Waals surface area (Å²) in [5.74, 6) is -3.47. The highest BCUT2D eigenvalue weighted by Gasteiger charge is 2.40. The fourth-order valence-corrected chi connectivity index (χ4v) is 4.37. The van der Waals surface area contributed by atoms with Gasteiger partial charge in [-0.05, 0) is 56.9 Å². The fourth-order valence-electron chi connectivity index (χ4n) is 4.37. The second-order valence-corrected chi connectivity index (χ2v) is 10.3. The lowest BCUT2D eigenvalue weighted by atomic mass is 9.84. The van der Waals surface area contributed by atoms with Crippen LogP contribution in [0.25, 0.3) is 0 Å². The molecule has 2 aromatic carbocycles. The van der Waals surface area contributed by atoms with Gasteiger partial charge in [-0.1, -0.05) is 35.9 Å². The maximum absolute atomic E-state index is 11.1. The van der Waals surface area contributed by atoms with Gasteiger partial charge in [-0.25, -0.2) is 4.79 Å². The van der Waals surface area contributed by atoms with Crippen LogP contribution in [0.1, 0.15) is 56.2 Å². The second kappa shape index (κ2) is 14.1. The maximum Gasteiger partial charge on any atom is 0.336 e. The molecule has 1 fully saturated rings.